The number of halogens is 2. The molecular formula is C23H29Cl2N3O3. The van der Waals surface area contributed by atoms with Crippen LogP contribution in [0.4, 0.5) is 0 Å². The van der Waals surface area contributed by atoms with Gasteiger partial charge in [-0.25, -0.2) is 4.68 Å². The van der Waals surface area contributed by atoms with E-state index in [0.29, 0.717) is 47.6 Å². The van der Waals surface area contributed by atoms with Crippen LogP contribution in [0.1, 0.15) is 55.4 Å². The zero-order chi connectivity index (χ0) is 22.7. The van der Waals surface area contributed by atoms with Gasteiger partial charge >= 0.3 is 5.97 Å². The van der Waals surface area contributed by atoms with Gasteiger partial charge in [0.05, 0.1) is 45.2 Å². The third kappa shape index (κ3) is 5.24. The summed E-state index contributed by atoms with van der Waals surface area (Å²) in [5, 5.41) is 5.66. The van der Waals surface area contributed by atoms with Crippen LogP contribution in [-0.2, 0) is 16.0 Å². The molecule has 2 heterocycles. The Hall–Kier alpha value is -2.05. The van der Waals surface area contributed by atoms with E-state index in [2.05, 4.69) is 13.8 Å². The lowest BCUT2D eigenvalue weighted by Gasteiger charge is -2.31. The number of carbonyl (C=O) groups excluding carboxylic acids is 2. The molecule has 0 spiro atoms. The van der Waals surface area contributed by atoms with Crippen LogP contribution in [-0.4, -0.2) is 46.3 Å². The molecule has 8 heteroatoms. The number of esters is 1. The number of carbonyl (C=O) groups is 2. The molecule has 2 aromatic rings. The number of piperidine rings is 1. The fourth-order valence-corrected chi connectivity index (χ4v) is 4.30. The summed E-state index contributed by atoms with van der Waals surface area (Å²) in [6.07, 6.45) is 2.18. The number of rotatable bonds is 6. The van der Waals surface area contributed by atoms with Crippen molar-refractivity contribution in [3.63, 3.8) is 0 Å². The largest absolute Gasteiger partial charge is 0.466 e. The molecule has 0 radical (unpaired) electrons. The number of ether oxygens (including phenoxy) is 1. The number of benzene rings is 1. The standard InChI is InChI=1S/C23H29Cl2N3O3/c1-5-31-23(30)16-7-6-10-27(13-16)22(29)21-15(4)28(26-20(21)11-14(2)3)17-8-9-18(24)19(25)12-17/h8-9,12,14,16H,5-7,10-11,13H2,1-4H3/t16-/m0/s1. The van der Waals surface area contributed by atoms with Crippen LogP contribution >= 0.6 is 23.2 Å². The van der Waals surface area contributed by atoms with Gasteiger partial charge in [0.15, 0.2) is 0 Å². The van der Waals surface area contributed by atoms with Crippen molar-refractivity contribution in [2.45, 2.75) is 47.0 Å². The highest BCUT2D eigenvalue weighted by Crippen LogP contribution is 2.28. The highest BCUT2D eigenvalue weighted by Gasteiger charge is 2.33. The van der Waals surface area contributed by atoms with Gasteiger partial charge in [-0.1, -0.05) is 37.0 Å². The molecule has 0 unspecified atom stereocenters. The van der Waals surface area contributed by atoms with E-state index in [9.17, 15) is 9.59 Å². The summed E-state index contributed by atoms with van der Waals surface area (Å²) in [4.78, 5) is 27.6. The van der Waals surface area contributed by atoms with Crippen molar-refractivity contribution in [3.05, 3.63) is 45.2 Å². The topological polar surface area (TPSA) is 64.4 Å². The molecule has 0 saturated carbocycles. The maximum Gasteiger partial charge on any atom is 0.310 e. The number of nitrogens with zero attached hydrogens (tertiary/aromatic N) is 3. The molecule has 1 aromatic heterocycles. The molecule has 0 aliphatic carbocycles. The van der Waals surface area contributed by atoms with Crippen molar-refractivity contribution in [1.29, 1.82) is 0 Å². The summed E-state index contributed by atoms with van der Waals surface area (Å²) in [5.41, 5.74) is 2.85. The van der Waals surface area contributed by atoms with Gasteiger partial charge in [0, 0.05) is 13.1 Å². The quantitative estimate of drug-likeness (QED) is 0.556. The molecule has 1 saturated heterocycles. The minimum absolute atomic E-state index is 0.0894. The van der Waals surface area contributed by atoms with E-state index in [0.717, 1.165) is 29.9 Å². The second-order valence-corrected chi connectivity index (χ2v) is 9.17. The van der Waals surface area contributed by atoms with E-state index in [4.69, 9.17) is 33.0 Å². The van der Waals surface area contributed by atoms with E-state index in [1.165, 1.54) is 0 Å². The highest BCUT2D eigenvalue weighted by atomic mass is 35.5. The minimum Gasteiger partial charge on any atom is -0.466 e. The predicted octanol–water partition coefficient (Wildman–Crippen LogP) is 5.10. The van der Waals surface area contributed by atoms with Crippen molar-refractivity contribution >= 4 is 35.1 Å². The maximum atomic E-state index is 13.6. The van der Waals surface area contributed by atoms with Crippen LogP contribution in [0.15, 0.2) is 18.2 Å². The molecule has 31 heavy (non-hydrogen) atoms. The lowest BCUT2D eigenvalue weighted by atomic mass is 9.96. The first-order valence-corrected chi connectivity index (χ1v) is 11.5. The number of hydrogen-bond donors (Lipinski definition) is 0. The second-order valence-electron chi connectivity index (χ2n) is 8.36. The van der Waals surface area contributed by atoms with Crippen molar-refractivity contribution in [3.8, 4) is 5.69 Å². The maximum absolute atomic E-state index is 13.6. The Morgan fingerprint density at radius 2 is 2.00 bits per heavy atom. The van der Waals surface area contributed by atoms with Crippen LogP contribution < -0.4 is 0 Å². The van der Waals surface area contributed by atoms with Gasteiger partial charge in [-0.15, -0.1) is 0 Å². The van der Waals surface area contributed by atoms with Crippen LogP contribution in [0, 0.1) is 18.8 Å². The fraction of sp³-hybridized carbons (Fsp3) is 0.522. The minimum atomic E-state index is -0.281. The van der Waals surface area contributed by atoms with Crippen molar-refractivity contribution in [2.75, 3.05) is 19.7 Å². The van der Waals surface area contributed by atoms with Gasteiger partial charge < -0.3 is 9.64 Å². The zero-order valence-electron chi connectivity index (χ0n) is 18.5. The third-order valence-electron chi connectivity index (χ3n) is 5.48. The normalized spacial score (nSPS) is 16.6. The van der Waals surface area contributed by atoms with Gasteiger partial charge in [0.2, 0.25) is 0 Å². The van der Waals surface area contributed by atoms with Gasteiger partial charge in [-0.2, -0.15) is 5.10 Å². The number of aromatic nitrogens is 2. The zero-order valence-corrected chi connectivity index (χ0v) is 20.0. The molecule has 1 aliphatic heterocycles. The second kappa shape index (κ2) is 10.0. The Labute approximate surface area is 193 Å². The molecule has 1 aliphatic rings. The Kier molecular flexibility index (Phi) is 7.65. The smallest absolute Gasteiger partial charge is 0.310 e. The van der Waals surface area contributed by atoms with Crippen molar-refractivity contribution in [1.82, 2.24) is 14.7 Å². The van der Waals surface area contributed by atoms with Crippen LogP contribution in [0.5, 0.6) is 0 Å². The number of hydrogen-bond acceptors (Lipinski definition) is 4. The first kappa shape index (κ1) is 23.6. The Balaban J connectivity index is 1.96. The molecular weight excluding hydrogens is 437 g/mol. The van der Waals surface area contributed by atoms with Crippen molar-refractivity contribution < 1.29 is 14.3 Å². The summed E-state index contributed by atoms with van der Waals surface area (Å²) >= 11 is 12.3. The third-order valence-corrected chi connectivity index (χ3v) is 6.22. The highest BCUT2D eigenvalue weighted by molar-refractivity contribution is 6.42. The molecule has 1 fully saturated rings. The lowest BCUT2D eigenvalue weighted by Crippen LogP contribution is -2.43. The monoisotopic (exact) mass is 465 g/mol. The summed E-state index contributed by atoms with van der Waals surface area (Å²) in [6.45, 7) is 9.21. The molecule has 1 aromatic carbocycles. The summed E-state index contributed by atoms with van der Waals surface area (Å²) < 4.78 is 6.93. The average Bonchev–Trinajstić information content (AvgIpc) is 3.05. The lowest BCUT2D eigenvalue weighted by molar-refractivity contribution is -0.149. The molecule has 168 valence electrons. The predicted molar refractivity (Wildman–Crippen MR) is 122 cm³/mol. The molecule has 6 nitrogen and oxygen atoms in total. The van der Waals surface area contributed by atoms with Gasteiger partial charge in [-0.3, -0.25) is 9.59 Å². The van der Waals surface area contributed by atoms with Crippen LogP contribution in [0.3, 0.4) is 0 Å². The summed E-state index contributed by atoms with van der Waals surface area (Å²) in [6, 6.07) is 5.30. The summed E-state index contributed by atoms with van der Waals surface area (Å²) in [7, 11) is 0. The number of likely N-dealkylation sites (tertiary alicyclic amines) is 1. The van der Waals surface area contributed by atoms with E-state index in [1.807, 2.05) is 13.0 Å². The van der Waals surface area contributed by atoms with E-state index < -0.39 is 0 Å². The van der Waals surface area contributed by atoms with E-state index in [-0.39, 0.29) is 17.8 Å². The summed E-state index contributed by atoms with van der Waals surface area (Å²) in [5.74, 6) is -0.271. The van der Waals surface area contributed by atoms with E-state index >= 15 is 0 Å². The SMILES string of the molecule is CCOC(=O)[C@H]1CCCN(C(=O)c2c(CC(C)C)nn(-c3ccc(Cl)c(Cl)c3)c2C)C1. The van der Waals surface area contributed by atoms with Gasteiger partial charge in [0.1, 0.15) is 0 Å². The van der Waals surface area contributed by atoms with E-state index in [1.54, 1.807) is 28.6 Å². The molecule has 0 bridgehead atoms. The molecule has 3 rings (SSSR count). The fourth-order valence-electron chi connectivity index (χ4n) is 4.01. The molecule has 1 amide bonds. The van der Waals surface area contributed by atoms with Gasteiger partial charge in [-0.05, 0) is 57.2 Å². The first-order chi connectivity index (χ1) is 14.7. The number of amides is 1. The molecule has 1 atom stereocenters. The van der Waals surface area contributed by atoms with Crippen molar-refractivity contribution in [2.24, 2.45) is 11.8 Å². The Morgan fingerprint density at radius 3 is 2.65 bits per heavy atom. The van der Waals surface area contributed by atoms with Crippen LogP contribution in [0.2, 0.25) is 10.0 Å². The first-order valence-electron chi connectivity index (χ1n) is 10.7. The van der Waals surface area contributed by atoms with Gasteiger partial charge in [0.25, 0.3) is 5.91 Å². The Bertz CT molecular complexity index is 971. The average molecular weight is 466 g/mol. The molecule has 0 N–H and O–H groups in total. The van der Waals surface area contributed by atoms with Crippen LogP contribution in [0.25, 0.3) is 5.69 Å². The Morgan fingerprint density at radius 1 is 1.26 bits per heavy atom.